The molecule has 1 aliphatic carbocycles. The summed E-state index contributed by atoms with van der Waals surface area (Å²) in [4.78, 5) is 64.9. The number of nitrogens with zero attached hydrogens (tertiary/aromatic N) is 2. The molecule has 8 N–H and O–H groups in total. The van der Waals surface area contributed by atoms with E-state index in [1.165, 1.54) is 5.01 Å². The van der Waals surface area contributed by atoms with Gasteiger partial charge in [-0.3, -0.25) is 24.0 Å². The minimum atomic E-state index is -0.810. The van der Waals surface area contributed by atoms with E-state index in [-0.39, 0.29) is 49.0 Å². The molecule has 0 aromatic rings. The first-order valence-electron chi connectivity index (χ1n) is 13.7. The summed E-state index contributed by atoms with van der Waals surface area (Å²) in [7, 11) is 0. The Morgan fingerprint density at radius 2 is 1.56 bits per heavy atom. The SMILES string of the molecule is CC(C)(C)C1C(=O)N2CCCC2C(=O)NCC(=O)NCCCCC(=O)NCC(=O)NCC2(CC2)/C(N)=C/N1N. The molecular weight excluding hydrogens is 504 g/mol. The molecule has 2 unspecified atom stereocenters. The van der Waals surface area contributed by atoms with Gasteiger partial charge >= 0.3 is 0 Å². The Hall–Kier alpha value is -3.35. The molecule has 3 aliphatic rings. The summed E-state index contributed by atoms with van der Waals surface area (Å²) in [6.07, 6.45) is 5.55. The Kier molecular flexibility index (Phi) is 9.81. The minimum absolute atomic E-state index is 0.143. The average Bonchev–Trinajstić information content (AvgIpc) is 3.49. The smallest absolute Gasteiger partial charge is 0.248 e. The van der Waals surface area contributed by atoms with Gasteiger partial charge < -0.3 is 36.9 Å². The molecule has 1 saturated heterocycles. The number of fused-ring (bicyclic) bond motifs is 1. The Morgan fingerprint density at radius 1 is 0.897 bits per heavy atom. The predicted molar refractivity (Wildman–Crippen MR) is 144 cm³/mol. The van der Waals surface area contributed by atoms with Gasteiger partial charge in [-0.15, -0.1) is 0 Å². The number of hydrazine groups is 1. The van der Waals surface area contributed by atoms with E-state index in [0.717, 1.165) is 12.8 Å². The molecule has 1 saturated carbocycles. The summed E-state index contributed by atoms with van der Waals surface area (Å²) in [6, 6.07) is -1.51. The molecule has 218 valence electrons. The van der Waals surface area contributed by atoms with Crippen molar-refractivity contribution in [3.05, 3.63) is 11.9 Å². The predicted octanol–water partition coefficient (Wildman–Crippen LogP) is -1.20. The first kappa shape index (κ1) is 30.2. The van der Waals surface area contributed by atoms with Crippen molar-refractivity contribution in [2.24, 2.45) is 22.4 Å². The zero-order valence-corrected chi connectivity index (χ0v) is 23.3. The zero-order chi connectivity index (χ0) is 28.8. The van der Waals surface area contributed by atoms with Crippen LogP contribution in [0.1, 0.15) is 65.7 Å². The van der Waals surface area contributed by atoms with Crippen LogP contribution in [0.2, 0.25) is 0 Å². The molecule has 2 fully saturated rings. The van der Waals surface area contributed by atoms with Gasteiger partial charge in [0.15, 0.2) is 0 Å². The van der Waals surface area contributed by atoms with Crippen LogP contribution in [0.3, 0.4) is 0 Å². The van der Waals surface area contributed by atoms with Gasteiger partial charge in [0.2, 0.25) is 29.5 Å². The molecule has 2 atom stereocenters. The number of nitrogens with two attached hydrogens (primary N) is 2. The number of nitrogens with one attached hydrogen (secondary N) is 4. The van der Waals surface area contributed by atoms with E-state index in [1.807, 2.05) is 20.8 Å². The van der Waals surface area contributed by atoms with Crippen molar-refractivity contribution in [3.63, 3.8) is 0 Å². The van der Waals surface area contributed by atoms with Crippen LogP contribution in [0.25, 0.3) is 0 Å². The number of hydrogen-bond acceptors (Lipinski definition) is 8. The van der Waals surface area contributed by atoms with Crippen molar-refractivity contribution in [1.29, 1.82) is 0 Å². The van der Waals surface area contributed by atoms with Crippen LogP contribution < -0.4 is 32.8 Å². The molecule has 3 rings (SSSR count). The van der Waals surface area contributed by atoms with Crippen molar-refractivity contribution in [1.82, 2.24) is 31.2 Å². The summed E-state index contributed by atoms with van der Waals surface area (Å²) >= 11 is 0. The highest BCUT2D eigenvalue weighted by Crippen LogP contribution is 2.49. The third-order valence-corrected chi connectivity index (χ3v) is 7.59. The molecule has 2 aliphatic heterocycles. The van der Waals surface area contributed by atoms with Crippen molar-refractivity contribution in [2.45, 2.75) is 77.8 Å². The maximum absolute atomic E-state index is 13.8. The lowest BCUT2D eigenvalue weighted by Crippen LogP contribution is -2.58. The number of carbonyl (C=O) groups is 5. The summed E-state index contributed by atoms with van der Waals surface area (Å²) < 4.78 is 0. The van der Waals surface area contributed by atoms with Gasteiger partial charge in [-0.25, -0.2) is 5.84 Å². The van der Waals surface area contributed by atoms with Crippen LogP contribution in [0, 0.1) is 10.8 Å². The number of amides is 5. The molecule has 1 spiro atoms. The first-order valence-corrected chi connectivity index (χ1v) is 13.7. The van der Waals surface area contributed by atoms with Gasteiger partial charge in [-0.2, -0.15) is 0 Å². The Balaban J connectivity index is 1.81. The lowest BCUT2D eigenvalue weighted by atomic mass is 9.85. The molecule has 39 heavy (non-hydrogen) atoms. The van der Waals surface area contributed by atoms with Crippen LogP contribution in [0.4, 0.5) is 0 Å². The van der Waals surface area contributed by atoms with E-state index in [2.05, 4.69) is 21.3 Å². The fourth-order valence-electron chi connectivity index (χ4n) is 5.08. The van der Waals surface area contributed by atoms with Gasteiger partial charge in [-0.1, -0.05) is 20.8 Å². The lowest BCUT2D eigenvalue weighted by molar-refractivity contribution is -0.145. The standard InChI is InChI=1S/C26H44N8O5/c1-25(2,3)22-24(39)33-12-6-7-17(33)23(38)31-14-20(36)29-11-5-4-8-19(35)30-13-21(37)32-16-26(9-10-26)18(27)15-34(22)28/h15,17,22H,4-14,16,27-28H2,1-3H3,(H,29,36)(H,30,35)(H,31,38)(H,32,37)/b18-15-. The van der Waals surface area contributed by atoms with E-state index in [0.29, 0.717) is 51.0 Å². The highest BCUT2D eigenvalue weighted by Gasteiger charge is 2.47. The normalized spacial score (nSPS) is 28.0. The molecule has 0 radical (unpaired) electrons. The Bertz CT molecular complexity index is 987. The molecule has 13 heteroatoms. The van der Waals surface area contributed by atoms with Gasteiger partial charge in [0.25, 0.3) is 0 Å². The largest absolute Gasteiger partial charge is 0.400 e. The highest BCUT2D eigenvalue weighted by atomic mass is 16.2. The molecular formula is C26H44N8O5. The van der Waals surface area contributed by atoms with Crippen LogP contribution >= 0.6 is 0 Å². The third kappa shape index (κ3) is 8.07. The second-order valence-corrected chi connectivity index (χ2v) is 11.8. The fraction of sp³-hybridized carbons (Fsp3) is 0.731. The van der Waals surface area contributed by atoms with Gasteiger partial charge in [0.05, 0.1) is 13.1 Å². The maximum atomic E-state index is 13.8. The van der Waals surface area contributed by atoms with E-state index in [1.54, 1.807) is 11.1 Å². The molecule has 5 amide bonds. The van der Waals surface area contributed by atoms with Crippen LogP contribution in [-0.4, -0.2) is 84.3 Å². The van der Waals surface area contributed by atoms with E-state index >= 15 is 0 Å². The summed E-state index contributed by atoms with van der Waals surface area (Å²) in [5.74, 6) is 4.85. The molecule has 0 aromatic heterocycles. The monoisotopic (exact) mass is 548 g/mol. The molecule has 2 heterocycles. The lowest BCUT2D eigenvalue weighted by Gasteiger charge is -2.39. The van der Waals surface area contributed by atoms with Crippen molar-refractivity contribution >= 4 is 29.5 Å². The maximum Gasteiger partial charge on any atom is 0.248 e. The topological polar surface area (TPSA) is 192 Å². The summed E-state index contributed by atoms with van der Waals surface area (Å²) in [6.45, 7) is 6.38. The minimum Gasteiger partial charge on any atom is -0.400 e. The van der Waals surface area contributed by atoms with E-state index in [9.17, 15) is 24.0 Å². The highest BCUT2D eigenvalue weighted by molar-refractivity contribution is 5.92. The first-order chi connectivity index (χ1) is 18.3. The van der Waals surface area contributed by atoms with Crippen LogP contribution in [0.15, 0.2) is 11.9 Å². The second-order valence-electron chi connectivity index (χ2n) is 11.8. The Labute approximate surface area is 229 Å². The zero-order valence-electron chi connectivity index (χ0n) is 23.3. The van der Waals surface area contributed by atoms with Gasteiger partial charge in [0.1, 0.15) is 12.1 Å². The van der Waals surface area contributed by atoms with Crippen LogP contribution in [0.5, 0.6) is 0 Å². The van der Waals surface area contributed by atoms with Crippen molar-refractivity contribution < 1.29 is 24.0 Å². The average molecular weight is 549 g/mol. The Morgan fingerprint density at radius 3 is 2.23 bits per heavy atom. The second kappa shape index (κ2) is 12.7. The van der Waals surface area contributed by atoms with Crippen LogP contribution in [-0.2, 0) is 24.0 Å². The quantitative estimate of drug-likeness (QED) is 0.203. The number of rotatable bonds is 0. The van der Waals surface area contributed by atoms with Crippen molar-refractivity contribution in [3.8, 4) is 0 Å². The third-order valence-electron chi connectivity index (χ3n) is 7.59. The van der Waals surface area contributed by atoms with Gasteiger partial charge in [-0.05, 0) is 43.9 Å². The van der Waals surface area contributed by atoms with Crippen molar-refractivity contribution in [2.75, 3.05) is 32.7 Å². The summed E-state index contributed by atoms with van der Waals surface area (Å²) in [5.41, 5.74) is 5.85. The van der Waals surface area contributed by atoms with Gasteiger partial charge in [0, 0.05) is 43.4 Å². The molecule has 0 aromatic carbocycles. The number of carbonyl (C=O) groups excluding carboxylic acids is 5. The van der Waals surface area contributed by atoms with E-state index in [4.69, 9.17) is 11.6 Å². The fourth-order valence-corrected chi connectivity index (χ4v) is 5.08. The molecule has 0 bridgehead atoms. The summed E-state index contributed by atoms with van der Waals surface area (Å²) in [5, 5.41) is 12.1. The van der Waals surface area contributed by atoms with E-state index < -0.39 is 22.9 Å². The molecule has 13 nitrogen and oxygen atoms in total. The number of hydrogen-bond donors (Lipinski definition) is 6.